The van der Waals surface area contributed by atoms with Crippen molar-refractivity contribution in [2.24, 2.45) is 23.7 Å². The number of aryl methyl sites for hydroxylation is 1. The number of unbranched alkanes of at least 4 members (excludes halogenated alkanes) is 2. The van der Waals surface area contributed by atoms with E-state index in [1.165, 1.54) is 114 Å². The Bertz CT molecular complexity index is 686. The minimum absolute atomic E-state index is 0.717. The van der Waals surface area contributed by atoms with Gasteiger partial charge in [0, 0.05) is 0 Å². The molecule has 1 nitrogen and oxygen atoms in total. The first-order chi connectivity index (χ1) is 17.3. The van der Waals surface area contributed by atoms with E-state index in [4.69, 9.17) is 4.74 Å². The third-order valence-corrected chi connectivity index (χ3v) is 8.88. The summed E-state index contributed by atoms with van der Waals surface area (Å²) in [4.78, 5) is 0. The molecule has 0 bridgehead atoms. The van der Waals surface area contributed by atoms with Gasteiger partial charge in [0.05, 0.1) is 13.2 Å². The van der Waals surface area contributed by atoms with E-state index >= 15 is 0 Å². The summed E-state index contributed by atoms with van der Waals surface area (Å²) in [5.41, 5.74) is 2.76. The SMILES string of the molecule is C=CCCOCc1ccc(CCCCC2CCC(CCCCC3CCC(C=CC)CC3)CC2)cc1. The van der Waals surface area contributed by atoms with E-state index in [-0.39, 0.29) is 0 Å². The van der Waals surface area contributed by atoms with Crippen molar-refractivity contribution in [1.29, 1.82) is 0 Å². The number of hydrogen-bond acceptors (Lipinski definition) is 1. The maximum Gasteiger partial charge on any atom is 0.0717 e. The molecule has 2 fully saturated rings. The van der Waals surface area contributed by atoms with Gasteiger partial charge in [-0.25, -0.2) is 0 Å². The van der Waals surface area contributed by atoms with Gasteiger partial charge in [-0.3, -0.25) is 0 Å². The van der Waals surface area contributed by atoms with Gasteiger partial charge in [-0.2, -0.15) is 0 Å². The van der Waals surface area contributed by atoms with Crippen LogP contribution in [-0.4, -0.2) is 6.61 Å². The number of ether oxygens (including phenoxy) is 1. The number of benzene rings is 1. The second-order valence-electron chi connectivity index (χ2n) is 11.7. The fourth-order valence-electron chi connectivity index (χ4n) is 6.54. The van der Waals surface area contributed by atoms with Gasteiger partial charge in [0.25, 0.3) is 0 Å². The van der Waals surface area contributed by atoms with Crippen LogP contribution in [0, 0.1) is 23.7 Å². The molecule has 0 unspecified atom stereocenters. The molecule has 35 heavy (non-hydrogen) atoms. The molecular weight excluding hydrogens is 424 g/mol. The van der Waals surface area contributed by atoms with Gasteiger partial charge >= 0.3 is 0 Å². The molecule has 0 heterocycles. The van der Waals surface area contributed by atoms with Crippen molar-refractivity contribution in [3.63, 3.8) is 0 Å². The summed E-state index contributed by atoms with van der Waals surface area (Å²) in [5.74, 6) is 3.96. The molecule has 0 aromatic heterocycles. The van der Waals surface area contributed by atoms with Crippen LogP contribution in [0.2, 0.25) is 0 Å². The molecule has 0 radical (unpaired) electrons. The summed E-state index contributed by atoms with van der Waals surface area (Å²) in [7, 11) is 0. The highest BCUT2D eigenvalue weighted by Gasteiger charge is 2.22. The Morgan fingerprint density at radius 3 is 1.80 bits per heavy atom. The lowest BCUT2D eigenvalue weighted by atomic mass is 9.77. The van der Waals surface area contributed by atoms with Gasteiger partial charge in [0.1, 0.15) is 0 Å². The minimum atomic E-state index is 0.717. The average molecular weight is 479 g/mol. The Kier molecular flexibility index (Phi) is 13.9. The second kappa shape index (κ2) is 17.2. The van der Waals surface area contributed by atoms with Crippen LogP contribution in [-0.2, 0) is 17.8 Å². The van der Waals surface area contributed by atoms with Crippen LogP contribution in [0.1, 0.15) is 121 Å². The molecule has 1 aromatic carbocycles. The Hall–Kier alpha value is -1.34. The monoisotopic (exact) mass is 478 g/mol. The highest BCUT2D eigenvalue weighted by Crippen LogP contribution is 2.36. The molecule has 0 aliphatic heterocycles. The zero-order chi connectivity index (χ0) is 24.6. The van der Waals surface area contributed by atoms with Crippen LogP contribution < -0.4 is 0 Å². The van der Waals surface area contributed by atoms with Gasteiger partial charge in [-0.1, -0.05) is 107 Å². The minimum Gasteiger partial charge on any atom is -0.376 e. The summed E-state index contributed by atoms with van der Waals surface area (Å²) in [6.07, 6.45) is 30.8. The molecular formula is C34H54O. The predicted octanol–water partition coefficient (Wildman–Crippen LogP) is 10.2. The zero-order valence-corrected chi connectivity index (χ0v) is 22.9. The van der Waals surface area contributed by atoms with Crippen molar-refractivity contribution < 1.29 is 4.74 Å². The van der Waals surface area contributed by atoms with Crippen LogP contribution >= 0.6 is 0 Å². The molecule has 0 atom stereocenters. The molecule has 0 N–H and O–H groups in total. The Balaban J connectivity index is 1.16. The summed E-state index contributed by atoms with van der Waals surface area (Å²) in [6.45, 7) is 7.39. The lowest BCUT2D eigenvalue weighted by Gasteiger charge is -2.29. The van der Waals surface area contributed by atoms with E-state index in [0.29, 0.717) is 0 Å². The number of hydrogen-bond donors (Lipinski definition) is 0. The maximum atomic E-state index is 5.66. The Morgan fingerprint density at radius 1 is 0.743 bits per heavy atom. The molecule has 0 spiro atoms. The van der Waals surface area contributed by atoms with Gasteiger partial charge < -0.3 is 4.74 Å². The second-order valence-corrected chi connectivity index (χ2v) is 11.7. The van der Waals surface area contributed by atoms with Crippen molar-refractivity contribution in [3.05, 3.63) is 60.2 Å². The van der Waals surface area contributed by atoms with Crippen molar-refractivity contribution in [1.82, 2.24) is 0 Å². The van der Waals surface area contributed by atoms with Crippen LogP contribution in [0.5, 0.6) is 0 Å². The maximum absolute atomic E-state index is 5.66. The molecule has 1 heteroatoms. The lowest BCUT2D eigenvalue weighted by Crippen LogP contribution is -2.15. The normalized spacial score (nSPS) is 25.2. The van der Waals surface area contributed by atoms with E-state index in [2.05, 4.69) is 49.9 Å². The largest absolute Gasteiger partial charge is 0.376 e. The number of allylic oxidation sites excluding steroid dienone is 2. The van der Waals surface area contributed by atoms with Crippen LogP contribution in [0.4, 0.5) is 0 Å². The Morgan fingerprint density at radius 2 is 1.26 bits per heavy atom. The lowest BCUT2D eigenvalue weighted by molar-refractivity contribution is 0.125. The fourth-order valence-corrected chi connectivity index (χ4v) is 6.54. The number of rotatable bonds is 16. The van der Waals surface area contributed by atoms with Gasteiger partial charge in [0.2, 0.25) is 0 Å². The highest BCUT2D eigenvalue weighted by atomic mass is 16.5. The third kappa shape index (κ3) is 11.5. The molecule has 196 valence electrons. The van der Waals surface area contributed by atoms with Gasteiger partial charge in [-0.15, -0.1) is 6.58 Å². The highest BCUT2D eigenvalue weighted by molar-refractivity contribution is 5.22. The molecule has 3 rings (SSSR count). The summed E-state index contributed by atoms with van der Waals surface area (Å²) < 4.78 is 5.66. The Labute approximate surface area is 217 Å². The van der Waals surface area contributed by atoms with Gasteiger partial charge in [0.15, 0.2) is 0 Å². The van der Waals surface area contributed by atoms with E-state index in [1.54, 1.807) is 0 Å². The average Bonchev–Trinajstić information content (AvgIpc) is 2.90. The molecule has 2 aliphatic carbocycles. The quantitative estimate of drug-likeness (QED) is 0.170. The molecule has 1 aromatic rings. The van der Waals surface area contributed by atoms with E-state index in [1.807, 2.05) is 6.08 Å². The van der Waals surface area contributed by atoms with Crippen molar-refractivity contribution in [2.45, 2.75) is 123 Å². The predicted molar refractivity (Wildman–Crippen MR) is 153 cm³/mol. The van der Waals surface area contributed by atoms with Crippen LogP contribution in [0.3, 0.4) is 0 Å². The van der Waals surface area contributed by atoms with Gasteiger partial charge in [-0.05, 0) is 86.7 Å². The zero-order valence-electron chi connectivity index (χ0n) is 22.9. The molecule has 2 saturated carbocycles. The first-order valence-electron chi connectivity index (χ1n) is 15.2. The smallest absolute Gasteiger partial charge is 0.0717 e. The third-order valence-electron chi connectivity index (χ3n) is 8.88. The first-order valence-corrected chi connectivity index (χ1v) is 15.2. The standard InChI is InChI=1S/C34H54O/c1-3-5-27-35-28-34-25-23-33(24-26-34)14-9-8-13-32-21-19-31(20-22-32)12-7-6-11-30-17-15-29(10-4-2)16-18-30/h3-4,10,23-26,29-32H,1,5-9,11-22,27-28H2,2H3. The molecule has 0 amide bonds. The van der Waals surface area contributed by atoms with E-state index in [9.17, 15) is 0 Å². The van der Waals surface area contributed by atoms with Crippen LogP contribution in [0.25, 0.3) is 0 Å². The molecule has 2 aliphatic rings. The van der Waals surface area contributed by atoms with Crippen molar-refractivity contribution in [3.8, 4) is 0 Å². The van der Waals surface area contributed by atoms with E-state index < -0.39 is 0 Å². The van der Waals surface area contributed by atoms with Crippen molar-refractivity contribution >= 4 is 0 Å². The summed E-state index contributed by atoms with van der Waals surface area (Å²) in [5, 5.41) is 0. The van der Waals surface area contributed by atoms with Crippen molar-refractivity contribution in [2.75, 3.05) is 6.61 Å². The molecule has 0 saturated heterocycles. The topological polar surface area (TPSA) is 9.23 Å². The summed E-state index contributed by atoms with van der Waals surface area (Å²) >= 11 is 0. The van der Waals surface area contributed by atoms with E-state index in [0.717, 1.165) is 43.3 Å². The fraction of sp³-hybridized carbons (Fsp3) is 0.706. The first kappa shape index (κ1) is 28.2. The summed E-state index contributed by atoms with van der Waals surface area (Å²) in [6, 6.07) is 9.07. The van der Waals surface area contributed by atoms with Crippen LogP contribution in [0.15, 0.2) is 49.1 Å².